The van der Waals surface area contributed by atoms with Crippen molar-refractivity contribution < 1.29 is 21.7 Å². The van der Waals surface area contributed by atoms with Gasteiger partial charge in [0, 0.05) is 7.05 Å². The predicted molar refractivity (Wildman–Crippen MR) is 55.2 cm³/mol. The molecule has 0 saturated carbocycles. The standard InChI is InChI=1S/C3H6N2O3S.C2H4N2O2S/c1-5-2-3(6)4-9(5,7)8;1-2-3-6-7(5)4-2/h2H2,1H3,(H,4,6);1H3,(H,3,4). The maximum absolute atomic E-state index is 10.6. The number of hydroxylamine groups is 1. The van der Waals surface area contributed by atoms with E-state index in [4.69, 9.17) is 0 Å². The number of nitrogens with one attached hydrogen (secondary N) is 2. The summed E-state index contributed by atoms with van der Waals surface area (Å²) in [6, 6.07) is 0. The van der Waals surface area contributed by atoms with Crippen LogP contribution < -0.4 is 10.2 Å². The second kappa shape index (κ2) is 4.86. The van der Waals surface area contributed by atoms with Gasteiger partial charge in [0.1, 0.15) is 5.84 Å². The van der Waals surface area contributed by atoms with Gasteiger partial charge in [-0.2, -0.15) is 17.0 Å². The molecule has 1 unspecified atom stereocenters. The van der Waals surface area contributed by atoms with Crippen molar-refractivity contribution in [2.75, 3.05) is 13.6 Å². The van der Waals surface area contributed by atoms with Crippen LogP contribution in [0, 0.1) is 0 Å². The minimum Gasteiger partial charge on any atom is -0.272 e. The van der Waals surface area contributed by atoms with E-state index in [2.05, 4.69) is 14.2 Å². The summed E-state index contributed by atoms with van der Waals surface area (Å²) in [5.41, 5.74) is 2.32. The molecule has 0 radical (unpaired) electrons. The number of rotatable bonds is 0. The molecule has 0 aromatic heterocycles. The molecule has 0 bridgehead atoms. The summed E-state index contributed by atoms with van der Waals surface area (Å²) in [6.45, 7) is 1.60. The molecule has 2 heterocycles. The summed E-state index contributed by atoms with van der Waals surface area (Å²) < 4.78 is 41.7. The zero-order valence-corrected chi connectivity index (χ0v) is 10.1. The van der Waals surface area contributed by atoms with Crippen molar-refractivity contribution >= 4 is 33.2 Å². The molecule has 11 heteroatoms. The van der Waals surface area contributed by atoms with Crippen molar-refractivity contribution in [3.63, 3.8) is 0 Å². The van der Waals surface area contributed by atoms with Crippen LogP contribution in [0.25, 0.3) is 0 Å². The summed E-state index contributed by atoms with van der Waals surface area (Å²) in [5.74, 6) is 0.0795. The highest BCUT2D eigenvalue weighted by Gasteiger charge is 2.29. The zero-order chi connectivity index (χ0) is 12.3. The molecular weight excluding hydrogens is 260 g/mol. The topological polar surface area (TPSA) is 117 Å². The fourth-order valence-electron chi connectivity index (χ4n) is 0.786. The molecule has 92 valence electrons. The lowest BCUT2D eigenvalue weighted by atomic mass is 10.6. The van der Waals surface area contributed by atoms with Crippen LogP contribution in [0.2, 0.25) is 0 Å². The summed E-state index contributed by atoms with van der Waals surface area (Å²) in [4.78, 5) is 10.3. The molecule has 2 aliphatic heterocycles. The van der Waals surface area contributed by atoms with Crippen LogP contribution in [0.5, 0.6) is 0 Å². The molecule has 0 aromatic rings. The second-order valence-electron chi connectivity index (χ2n) is 2.87. The molecule has 2 rings (SSSR count). The van der Waals surface area contributed by atoms with Gasteiger partial charge in [-0.1, -0.05) is 0 Å². The highest BCUT2D eigenvalue weighted by atomic mass is 32.2. The number of nitrogens with zero attached hydrogens (tertiary/aromatic N) is 2. The highest BCUT2D eigenvalue weighted by Crippen LogP contribution is 1.99. The quantitative estimate of drug-likeness (QED) is 0.516. The molecule has 2 aliphatic rings. The van der Waals surface area contributed by atoms with E-state index >= 15 is 0 Å². The van der Waals surface area contributed by atoms with E-state index in [1.54, 1.807) is 11.6 Å². The average molecular weight is 270 g/mol. The van der Waals surface area contributed by atoms with Gasteiger partial charge in [0.25, 0.3) is 0 Å². The van der Waals surface area contributed by atoms with Gasteiger partial charge in [-0.3, -0.25) is 4.79 Å². The van der Waals surface area contributed by atoms with E-state index < -0.39 is 27.4 Å². The molecule has 0 aliphatic carbocycles. The van der Waals surface area contributed by atoms with Gasteiger partial charge in [-0.05, 0) is 6.92 Å². The Bertz CT molecular complexity index is 444. The zero-order valence-electron chi connectivity index (χ0n) is 8.46. The summed E-state index contributed by atoms with van der Waals surface area (Å²) in [5, 5.41) is 0. The van der Waals surface area contributed by atoms with Crippen LogP contribution >= 0.6 is 0 Å². The third-order valence-electron chi connectivity index (χ3n) is 1.49. The third kappa shape index (κ3) is 3.52. The molecule has 1 amide bonds. The number of amides is 1. The smallest absolute Gasteiger partial charge is 0.272 e. The lowest BCUT2D eigenvalue weighted by Crippen LogP contribution is -2.26. The van der Waals surface area contributed by atoms with Gasteiger partial charge < -0.3 is 0 Å². The van der Waals surface area contributed by atoms with Crippen LogP contribution in [0.3, 0.4) is 0 Å². The Morgan fingerprint density at radius 3 is 2.31 bits per heavy atom. The molecule has 1 saturated heterocycles. The number of carbonyl (C=O) groups excluding carboxylic acids is 1. The normalized spacial score (nSPS) is 27.5. The van der Waals surface area contributed by atoms with Crippen LogP contribution in [-0.2, 0) is 30.6 Å². The monoisotopic (exact) mass is 270 g/mol. The Morgan fingerprint density at radius 2 is 2.19 bits per heavy atom. The Kier molecular flexibility index (Phi) is 3.96. The summed E-state index contributed by atoms with van der Waals surface area (Å²) in [7, 11) is -2.10. The van der Waals surface area contributed by atoms with Crippen LogP contribution in [-0.4, -0.2) is 42.3 Å². The number of hydrogen-bond donors (Lipinski definition) is 2. The van der Waals surface area contributed by atoms with Gasteiger partial charge in [0.05, 0.1) is 6.54 Å². The maximum Gasteiger partial charge on any atom is 0.309 e. The van der Waals surface area contributed by atoms with E-state index in [1.807, 2.05) is 0 Å². The highest BCUT2D eigenvalue weighted by molar-refractivity contribution is 7.88. The van der Waals surface area contributed by atoms with Crippen molar-refractivity contribution in [3.05, 3.63) is 0 Å². The number of amidine groups is 1. The van der Waals surface area contributed by atoms with Gasteiger partial charge in [0.15, 0.2) is 0 Å². The fourth-order valence-corrected chi connectivity index (χ4v) is 2.07. The SMILES string of the molecule is CC1=NS(=O)ON1.CN1CC(=O)NS1(=O)=O. The van der Waals surface area contributed by atoms with E-state index in [0.29, 0.717) is 5.84 Å². The van der Waals surface area contributed by atoms with E-state index in [1.165, 1.54) is 7.05 Å². The van der Waals surface area contributed by atoms with E-state index in [9.17, 15) is 17.4 Å². The van der Waals surface area contributed by atoms with Gasteiger partial charge >= 0.3 is 21.5 Å². The lowest BCUT2D eigenvalue weighted by molar-refractivity contribution is -0.118. The lowest BCUT2D eigenvalue weighted by Gasteiger charge is -2.00. The number of hydrogen-bond acceptors (Lipinski definition) is 6. The van der Waals surface area contributed by atoms with Gasteiger partial charge in [-0.25, -0.2) is 14.4 Å². The molecule has 0 aromatic carbocycles. The Hall–Kier alpha value is -1.04. The number of likely N-dealkylation sites (N-methyl/N-ethyl adjacent to an activating group) is 1. The number of carbonyl (C=O) groups is 1. The first-order chi connectivity index (χ1) is 7.31. The van der Waals surface area contributed by atoms with Gasteiger partial charge in [-0.15, -0.1) is 4.40 Å². The van der Waals surface area contributed by atoms with Crippen LogP contribution in [0.4, 0.5) is 0 Å². The molecule has 1 atom stereocenters. The Labute approximate surface area is 94.8 Å². The van der Waals surface area contributed by atoms with Crippen LogP contribution in [0.1, 0.15) is 6.92 Å². The maximum atomic E-state index is 10.6. The second-order valence-corrected chi connectivity index (χ2v) is 5.43. The third-order valence-corrected chi connectivity index (χ3v) is 3.58. The van der Waals surface area contributed by atoms with Crippen LogP contribution in [0.15, 0.2) is 4.40 Å². The molecule has 0 spiro atoms. The molecular formula is C5H10N4O5S2. The fraction of sp³-hybridized carbons (Fsp3) is 0.600. The molecule has 1 fully saturated rings. The molecule has 2 N–H and O–H groups in total. The summed E-state index contributed by atoms with van der Waals surface area (Å²) >= 11 is -1.48. The van der Waals surface area contributed by atoms with Crippen molar-refractivity contribution in [1.82, 2.24) is 14.5 Å². The van der Waals surface area contributed by atoms with Crippen molar-refractivity contribution in [1.29, 1.82) is 0 Å². The molecule has 9 nitrogen and oxygen atoms in total. The minimum atomic E-state index is -3.44. The minimum absolute atomic E-state index is 0.0671. The van der Waals surface area contributed by atoms with Gasteiger partial charge in [0.2, 0.25) is 5.91 Å². The van der Waals surface area contributed by atoms with E-state index in [0.717, 1.165) is 4.31 Å². The first kappa shape index (κ1) is 13.0. The average Bonchev–Trinajstić information content (AvgIpc) is 2.58. The van der Waals surface area contributed by atoms with E-state index in [-0.39, 0.29) is 6.54 Å². The van der Waals surface area contributed by atoms with Crippen molar-refractivity contribution in [3.8, 4) is 0 Å². The first-order valence-electron chi connectivity index (χ1n) is 3.98. The van der Waals surface area contributed by atoms with Crippen molar-refractivity contribution in [2.45, 2.75) is 6.92 Å². The first-order valence-corrected chi connectivity index (χ1v) is 6.46. The Balaban J connectivity index is 0.000000165. The predicted octanol–water partition coefficient (Wildman–Crippen LogP) is -2.19. The Morgan fingerprint density at radius 1 is 1.56 bits per heavy atom. The largest absolute Gasteiger partial charge is 0.309 e. The van der Waals surface area contributed by atoms with Crippen molar-refractivity contribution in [2.24, 2.45) is 4.40 Å². The summed E-state index contributed by atoms with van der Waals surface area (Å²) in [6.07, 6.45) is 0. The molecule has 16 heavy (non-hydrogen) atoms.